The van der Waals surface area contributed by atoms with Crippen LogP contribution in [0.3, 0.4) is 0 Å². The zero-order valence-corrected chi connectivity index (χ0v) is 14.9. The topological polar surface area (TPSA) is 66.7 Å². The number of piperidine rings is 1. The van der Waals surface area contributed by atoms with Crippen molar-refractivity contribution in [3.63, 3.8) is 0 Å². The average Bonchev–Trinajstić information content (AvgIpc) is 2.89. The van der Waals surface area contributed by atoms with Crippen LogP contribution in [0.4, 0.5) is 0 Å². The van der Waals surface area contributed by atoms with Gasteiger partial charge in [-0.05, 0) is 39.3 Å². The minimum Gasteiger partial charge on any atom is -0.361 e. The maximum Gasteiger partial charge on any atom is 0.152 e. The van der Waals surface area contributed by atoms with E-state index in [1.807, 2.05) is 6.92 Å². The van der Waals surface area contributed by atoms with Gasteiger partial charge in [-0.2, -0.15) is 0 Å². The second kappa shape index (κ2) is 6.91. The molecular formula is C16H27N3O3S. The number of nitrogens with zero attached hydrogens (tertiary/aromatic N) is 3. The van der Waals surface area contributed by atoms with E-state index in [0.29, 0.717) is 30.6 Å². The predicted molar refractivity (Wildman–Crippen MR) is 89.1 cm³/mol. The molecule has 3 heterocycles. The number of hydrogen-bond acceptors (Lipinski definition) is 6. The number of aryl methyl sites for hydroxylation is 2. The van der Waals surface area contributed by atoms with Crippen LogP contribution in [0.15, 0.2) is 4.52 Å². The van der Waals surface area contributed by atoms with Gasteiger partial charge >= 0.3 is 0 Å². The third kappa shape index (κ3) is 3.95. The van der Waals surface area contributed by atoms with Crippen LogP contribution >= 0.6 is 0 Å². The van der Waals surface area contributed by atoms with Crippen LogP contribution in [-0.4, -0.2) is 67.1 Å². The number of aromatic nitrogens is 1. The van der Waals surface area contributed by atoms with Gasteiger partial charge in [0.1, 0.15) is 5.76 Å². The molecule has 0 bridgehead atoms. The highest BCUT2D eigenvalue weighted by molar-refractivity contribution is 7.91. The second-order valence-corrected chi connectivity index (χ2v) is 9.02. The molecule has 7 heteroatoms. The van der Waals surface area contributed by atoms with E-state index in [4.69, 9.17) is 4.52 Å². The highest BCUT2D eigenvalue weighted by atomic mass is 32.2. The first-order chi connectivity index (χ1) is 11.0. The molecule has 1 aromatic heterocycles. The Balaban J connectivity index is 1.52. The van der Waals surface area contributed by atoms with E-state index < -0.39 is 9.84 Å². The molecule has 130 valence electrons. The molecule has 1 aromatic rings. The summed E-state index contributed by atoms with van der Waals surface area (Å²) in [5.74, 6) is 1.59. The summed E-state index contributed by atoms with van der Waals surface area (Å²) in [5.41, 5.74) is 2.32. The van der Waals surface area contributed by atoms with Gasteiger partial charge in [0.05, 0.1) is 17.2 Å². The molecule has 0 spiro atoms. The fraction of sp³-hybridized carbons (Fsp3) is 0.812. The molecule has 0 atom stereocenters. The Labute approximate surface area is 138 Å². The third-order valence-electron chi connectivity index (χ3n) is 5.24. The number of hydrogen-bond donors (Lipinski definition) is 0. The van der Waals surface area contributed by atoms with Gasteiger partial charge in [0.2, 0.25) is 0 Å². The Morgan fingerprint density at radius 2 is 1.83 bits per heavy atom. The van der Waals surface area contributed by atoms with E-state index in [1.165, 1.54) is 5.56 Å². The highest BCUT2D eigenvalue weighted by Gasteiger charge is 2.30. The van der Waals surface area contributed by atoms with E-state index in [1.54, 1.807) is 0 Å². The Morgan fingerprint density at radius 1 is 1.17 bits per heavy atom. The smallest absolute Gasteiger partial charge is 0.152 e. The second-order valence-electron chi connectivity index (χ2n) is 6.71. The van der Waals surface area contributed by atoms with Crippen molar-refractivity contribution in [2.24, 2.45) is 0 Å². The fourth-order valence-electron chi connectivity index (χ4n) is 3.68. The molecule has 6 nitrogen and oxygen atoms in total. The minimum atomic E-state index is -2.78. The van der Waals surface area contributed by atoms with Gasteiger partial charge in [-0.25, -0.2) is 8.42 Å². The van der Waals surface area contributed by atoms with E-state index in [-0.39, 0.29) is 0 Å². The molecule has 2 aliphatic rings. The first kappa shape index (κ1) is 16.9. The molecule has 2 saturated heterocycles. The lowest BCUT2D eigenvalue weighted by Crippen LogP contribution is -2.50. The number of likely N-dealkylation sites (tertiary alicyclic amines) is 1. The van der Waals surface area contributed by atoms with Crippen LogP contribution in [0.2, 0.25) is 0 Å². The zero-order valence-electron chi connectivity index (χ0n) is 14.1. The van der Waals surface area contributed by atoms with Crippen LogP contribution in [-0.2, 0) is 22.8 Å². The van der Waals surface area contributed by atoms with Gasteiger partial charge in [-0.15, -0.1) is 0 Å². The maximum atomic E-state index is 11.6. The monoisotopic (exact) mass is 341 g/mol. The molecule has 2 fully saturated rings. The Bertz CT molecular complexity index is 619. The van der Waals surface area contributed by atoms with Gasteiger partial charge in [0.15, 0.2) is 9.84 Å². The summed E-state index contributed by atoms with van der Waals surface area (Å²) in [6.07, 6.45) is 3.14. The van der Waals surface area contributed by atoms with E-state index >= 15 is 0 Å². The van der Waals surface area contributed by atoms with Crippen molar-refractivity contribution in [1.29, 1.82) is 0 Å². The van der Waals surface area contributed by atoms with E-state index in [2.05, 4.69) is 21.9 Å². The van der Waals surface area contributed by atoms with Crippen LogP contribution in [0.5, 0.6) is 0 Å². The average molecular weight is 341 g/mol. The van der Waals surface area contributed by atoms with Crippen molar-refractivity contribution in [2.75, 3.05) is 37.7 Å². The normalized spacial score (nSPS) is 24.1. The lowest BCUT2D eigenvalue weighted by molar-refractivity contribution is 0.111. The molecule has 0 unspecified atom stereocenters. The van der Waals surface area contributed by atoms with E-state index in [9.17, 15) is 8.42 Å². The van der Waals surface area contributed by atoms with Crippen molar-refractivity contribution in [2.45, 2.75) is 45.7 Å². The first-order valence-electron chi connectivity index (χ1n) is 8.59. The summed E-state index contributed by atoms with van der Waals surface area (Å²) in [4.78, 5) is 4.84. The molecular weight excluding hydrogens is 314 g/mol. The molecule has 0 radical (unpaired) electrons. The largest absolute Gasteiger partial charge is 0.361 e. The molecule has 0 N–H and O–H groups in total. The molecule has 2 aliphatic heterocycles. The quantitative estimate of drug-likeness (QED) is 0.821. The molecule has 0 saturated carbocycles. The molecule has 0 aliphatic carbocycles. The Kier molecular flexibility index (Phi) is 5.08. The van der Waals surface area contributed by atoms with Gasteiger partial charge in [0, 0.05) is 31.2 Å². The van der Waals surface area contributed by atoms with Crippen LogP contribution < -0.4 is 0 Å². The fourth-order valence-corrected chi connectivity index (χ4v) is 4.90. The van der Waals surface area contributed by atoms with Gasteiger partial charge < -0.3 is 4.52 Å². The third-order valence-corrected chi connectivity index (χ3v) is 6.84. The lowest BCUT2D eigenvalue weighted by atomic mass is 10.0. The van der Waals surface area contributed by atoms with Crippen LogP contribution in [0.25, 0.3) is 0 Å². The van der Waals surface area contributed by atoms with Crippen molar-refractivity contribution in [3.05, 3.63) is 17.0 Å². The van der Waals surface area contributed by atoms with Gasteiger partial charge in [-0.3, -0.25) is 9.80 Å². The summed E-state index contributed by atoms with van der Waals surface area (Å²) in [7, 11) is -2.78. The summed E-state index contributed by atoms with van der Waals surface area (Å²) >= 11 is 0. The SMILES string of the molecule is CCc1noc(C)c1CN1CCC(N2CCS(=O)(=O)CC2)CC1. The molecule has 0 amide bonds. The summed E-state index contributed by atoms with van der Waals surface area (Å²) in [6.45, 7) is 8.54. The zero-order chi connectivity index (χ0) is 16.4. The standard InChI is InChI=1S/C16H27N3O3S/c1-3-16-15(13(2)22-17-16)12-18-6-4-14(5-7-18)19-8-10-23(20,21)11-9-19/h14H,3-12H2,1-2H3. The predicted octanol–water partition coefficient (Wildman–Crippen LogP) is 1.24. The van der Waals surface area contributed by atoms with Crippen molar-refractivity contribution in [1.82, 2.24) is 15.0 Å². The van der Waals surface area contributed by atoms with Crippen molar-refractivity contribution < 1.29 is 12.9 Å². The Morgan fingerprint density at radius 3 is 2.43 bits per heavy atom. The van der Waals surface area contributed by atoms with Gasteiger partial charge in [-0.1, -0.05) is 12.1 Å². The molecule has 0 aromatic carbocycles. The number of rotatable bonds is 4. The maximum absolute atomic E-state index is 11.6. The summed E-state index contributed by atoms with van der Waals surface area (Å²) in [5, 5.41) is 4.13. The first-order valence-corrected chi connectivity index (χ1v) is 10.4. The van der Waals surface area contributed by atoms with Crippen molar-refractivity contribution >= 4 is 9.84 Å². The highest BCUT2D eigenvalue weighted by Crippen LogP contribution is 2.22. The Hall–Kier alpha value is -0.920. The molecule has 23 heavy (non-hydrogen) atoms. The summed E-state index contributed by atoms with van der Waals surface area (Å²) in [6, 6.07) is 0.538. The van der Waals surface area contributed by atoms with Crippen LogP contribution in [0.1, 0.15) is 36.8 Å². The van der Waals surface area contributed by atoms with E-state index in [0.717, 1.165) is 50.4 Å². The lowest BCUT2D eigenvalue weighted by Gasteiger charge is -2.40. The van der Waals surface area contributed by atoms with Crippen LogP contribution in [0, 0.1) is 6.92 Å². The minimum absolute atomic E-state index is 0.326. The molecule has 3 rings (SSSR count). The van der Waals surface area contributed by atoms with Crippen molar-refractivity contribution in [3.8, 4) is 0 Å². The number of sulfone groups is 1. The summed E-state index contributed by atoms with van der Waals surface area (Å²) < 4.78 is 28.4. The van der Waals surface area contributed by atoms with Gasteiger partial charge in [0.25, 0.3) is 0 Å².